The molecule has 0 spiro atoms. The highest BCUT2D eigenvalue weighted by Gasteiger charge is 2.46. The van der Waals surface area contributed by atoms with Crippen LogP contribution in [-0.2, 0) is 5.41 Å². The van der Waals surface area contributed by atoms with Crippen molar-refractivity contribution in [2.24, 2.45) is 0 Å². The van der Waals surface area contributed by atoms with Crippen molar-refractivity contribution in [2.45, 2.75) is 66.9 Å². The summed E-state index contributed by atoms with van der Waals surface area (Å²) < 4.78 is 0.792. The van der Waals surface area contributed by atoms with Gasteiger partial charge in [-0.3, -0.25) is 0 Å². The second-order valence-electron chi connectivity index (χ2n) is 18.0. The first kappa shape index (κ1) is 58.0. The Morgan fingerprint density at radius 1 is 0.595 bits per heavy atom. The molecular formula is C55H55BN2O21. The zero-order chi connectivity index (χ0) is 59.7. The molecule has 7 aromatic rings. The topological polar surface area (TPSA) is 433 Å². The summed E-state index contributed by atoms with van der Waals surface area (Å²) in [6.07, 6.45) is 4.84. The van der Waals surface area contributed by atoms with Crippen molar-refractivity contribution in [1.29, 1.82) is 0 Å². The summed E-state index contributed by atoms with van der Waals surface area (Å²) in [5.41, 5.74) is -9.23. The van der Waals surface area contributed by atoms with Crippen LogP contribution in [0.2, 0.25) is 0 Å². The Balaban J connectivity index is 0.00000246. The van der Waals surface area contributed by atoms with Crippen LogP contribution in [-0.4, -0.2) is 132 Å². The van der Waals surface area contributed by atoms with E-state index in [1.807, 2.05) is 27.7 Å². The maximum absolute atomic E-state index is 12.3. The highest BCUT2D eigenvalue weighted by atomic mass is 16.4. The Morgan fingerprint density at radius 3 is 1.59 bits per heavy atom. The summed E-state index contributed by atoms with van der Waals surface area (Å²) >= 11 is 0. The molecule has 1 aliphatic carbocycles. The summed E-state index contributed by atoms with van der Waals surface area (Å²) in [6.45, 7) is 11.9. The zero-order valence-corrected chi connectivity index (χ0v) is 43.2. The third kappa shape index (κ3) is 8.57. The number of rotatable bonds is 9. The molecule has 1 unspecified atom stereocenters. The number of phenolic OH excluding ortho intramolecular Hbond substituents is 18. The molecule has 0 aliphatic heterocycles. The molecule has 79 heavy (non-hydrogen) atoms. The van der Waals surface area contributed by atoms with E-state index >= 15 is 0 Å². The van der Waals surface area contributed by atoms with Crippen molar-refractivity contribution in [1.82, 2.24) is 4.57 Å². The van der Waals surface area contributed by atoms with Gasteiger partial charge in [-0.15, -0.1) is 6.42 Å². The van der Waals surface area contributed by atoms with Gasteiger partial charge in [0.15, 0.2) is 97.8 Å². The van der Waals surface area contributed by atoms with Gasteiger partial charge in [-0.1, -0.05) is 59.9 Å². The number of fused-ring (bicyclic) bond motifs is 6. The van der Waals surface area contributed by atoms with E-state index < -0.39 is 194 Å². The molecule has 2 radical (unpaired) electrons. The number of hydrogen-bond acceptors (Lipinski definition) is 22. The number of anilines is 2. The van der Waals surface area contributed by atoms with Crippen LogP contribution in [0.15, 0.2) is 53.4 Å². The number of aromatic hydroxyl groups is 18. The summed E-state index contributed by atoms with van der Waals surface area (Å²) in [6, 6.07) is 4.09. The van der Waals surface area contributed by atoms with E-state index in [0.717, 1.165) is 22.8 Å². The molecule has 23 nitrogen and oxygen atoms in total. The lowest BCUT2D eigenvalue weighted by molar-refractivity contribution is 0.247. The normalized spacial score (nSPS) is 13.5. The minimum Gasteiger partial charge on any atom is -0.507 e. The predicted octanol–water partition coefficient (Wildman–Crippen LogP) is 8.44. The molecule has 0 amide bonds. The molecule has 1 heterocycles. The standard InChI is InChI=1S/C51H43BN2O21.2C2H6/c1-6-7-17(18-10-25(60)39(64)34-28(18)30-35(45(70)50(75)48(73)42(30)67)54(34)32(14(2)52)15(3)55)37(62)26(61)13-53(36-46(71)40(65)27(41(66)47(36)72)16-8-23(58)38(63)24(59)9-16)33-29-19-11-21(56)22(57)12-20(19)51(4,5)31(29)43(68)49(74)44(33)69;2*1-2/h1,7-12,15,55-75H,13H2,2-5H3;2*1-2H3/b17-7-,32-14-,37-26-;;. The first-order chi connectivity index (χ1) is 36.9. The summed E-state index contributed by atoms with van der Waals surface area (Å²) in [5, 5.41) is 236. The first-order valence-corrected chi connectivity index (χ1v) is 23.7. The highest BCUT2D eigenvalue weighted by Crippen LogP contribution is 2.66. The number of benzene rings is 6. The van der Waals surface area contributed by atoms with Crippen LogP contribution in [0.4, 0.5) is 11.4 Å². The van der Waals surface area contributed by atoms with Crippen LogP contribution < -0.4 is 4.90 Å². The highest BCUT2D eigenvalue weighted by molar-refractivity contribution is 6.27. The molecule has 8 rings (SSSR count). The smallest absolute Gasteiger partial charge is 0.206 e. The molecule has 24 heteroatoms. The Morgan fingerprint density at radius 2 is 1.08 bits per heavy atom. The predicted molar refractivity (Wildman–Crippen MR) is 290 cm³/mol. The summed E-state index contributed by atoms with van der Waals surface area (Å²) in [5.74, 6) is -22.0. The van der Waals surface area contributed by atoms with Gasteiger partial charge < -0.3 is 117 Å². The number of phenols is 18. The number of nitrogens with zero attached hydrogens (tertiary/aromatic N) is 2. The fourth-order valence-electron chi connectivity index (χ4n) is 9.75. The number of aromatic nitrogens is 1. The Bertz CT molecular complexity index is 3810. The van der Waals surface area contributed by atoms with E-state index in [4.69, 9.17) is 14.3 Å². The lowest BCUT2D eigenvalue weighted by Crippen LogP contribution is -2.23. The lowest BCUT2D eigenvalue weighted by Gasteiger charge is -2.31. The second-order valence-corrected chi connectivity index (χ2v) is 18.0. The average Bonchev–Trinajstić information content (AvgIpc) is 4.09. The van der Waals surface area contributed by atoms with Gasteiger partial charge in [0.2, 0.25) is 17.2 Å². The maximum Gasteiger partial charge on any atom is 0.206 e. The summed E-state index contributed by atoms with van der Waals surface area (Å²) in [4.78, 5) is 0.450. The van der Waals surface area contributed by atoms with Crippen LogP contribution in [0.1, 0.15) is 72.1 Å². The van der Waals surface area contributed by atoms with Gasteiger partial charge in [-0.2, -0.15) is 0 Å². The van der Waals surface area contributed by atoms with Crippen molar-refractivity contribution in [3.05, 3.63) is 70.1 Å². The van der Waals surface area contributed by atoms with Crippen LogP contribution in [0.3, 0.4) is 0 Å². The van der Waals surface area contributed by atoms with Gasteiger partial charge in [0.25, 0.3) is 0 Å². The quantitative estimate of drug-likeness (QED) is 0.0161. The van der Waals surface area contributed by atoms with E-state index in [1.54, 1.807) is 0 Å². The molecule has 1 aromatic heterocycles. The molecule has 414 valence electrons. The molecule has 0 fully saturated rings. The van der Waals surface area contributed by atoms with Gasteiger partial charge in [0.1, 0.15) is 24.6 Å². The van der Waals surface area contributed by atoms with Gasteiger partial charge in [0.05, 0.1) is 29.3 Å². The van der Waals surface area contributed by atoms with Crippen molar-refractivity contribution < 1.29 is 107 Å². The number of aliphatic hydroxyl groups is 3. The van der Waals surface area contributed by atoms with Gasteiger partial charge in [0, 0.05) is 38.8 Å². The van der Waals surface area contributed by atoms with E-state index in [1.165, 1.54) is 27.7 Å². The van der Waals surface area contributed by atoms with Gasteiger partial charge in [-0.05, 0) is 60.0 Å². The van der Waals surface area contributed by atoms with Gasteiger partial charge >= 0.3 is 0 Å². The van der Waals surface area contributed by atoms with Crippen LogP contribution in [0, 0.1) is 12.3 Å². The Hall–Kier alpha value is -10.3. The van der Waals surface area contributed by atoms with Crippen molar-refractivity contribution >= 4 is 52.3 Å². The minimum absolute atomic E-state index is 0.0833. The number of allylic oxidation sites excluding steroid dienone is 3. The minimum atomic E-state index is -1.62. The van der Waals surface area contributed by atoms with E-state index in [0.29, 0.717) is 23.1 Å². The molecule has 0 saturated heterocycles. The number of terminal acetylenes is 1. The van der Waals surface area contributed by atoms with Crippen molar-refractivity contribution in [2.75, 3.05) is 11.4 Å². The molecule has 1 aliphatic rings. The Kier molecular flexibility index (Phi) is 15.2. The van der Waals surface area contributed by atoms with Gasteiger partial charge in [-0.25, -0.2) is 0 Å². The Labute approximate surface area is 449 Å². The van der Waals surface area contributed by atoms with E-state index in [9.17, 15) is 107 Å². The summed E-state index contributed by atoms with van der Waals surface area (Å²) in [7, 11) is 6.15. The first-order valence-electron chi connectivity index (χ1n) is 23.7. The lowest BCUT2D eigenvalue weighted by atomic mass is 9.81. The fraction of sp³-hybridized carbons (Fsp3) is 0.200. The fourth-order valence-corrected chi connectivity index (χ4v) is 9.75. The molecule has 21 N–H and O–H groups in total. The van der Waals surface area contributed by atoms with Crippen LogP contribution >= 0.6 is 0 Å². The molecule has 0 bridgehead atoms. The zero-order valence-electron chi connectivity index (χ0n) is 43.2. The largest absolute Gasteiger partial charge is 0.507 e. The second kappa shape index (κ2) is 20.7. The van der Waals surface area contributed by atoms with Crippen LogP contribution in [0.5, 0.6) is 103 Å². The van der Waals surface area contributed by atoms with Crippen molar-refractivity contribution in [3.63, 3.8) is 0 Å². The monoisotopic (exact) mass is 1090 g/mol. The third-order valence-corrected chi connectivity index (χ3v) is 13.1. The van der Waals surface area contributed by atoms with E-state index in [2.05, 4.69) is 5.92 Å². The molecule has 6 aromatic carbocycles. The maximum atomic E-state index is 12.3. The number of aliphatic hydroxyl groups excluding tert-OH is 3. The molecular weight excluding hydrogens is 1040 g/mol. The SMILES string of the molecule is CC.CC.[B]/C(C)=C(/C(C)O)n1c2c(O)c(O)cc(C(=C/C#C)/C(O)=C(/O)CN(c3c(O)c(O)c(-c4cc(O)c(O)c(O)c4)c(O)c3O)c3c(O)c(O)c(O)c4c3-c3cc(O)c(O)cc3C4(C)C)c2c2c(O)c(O)c(O)c(O)c21. The average molecular weight is 1090 g/mol. The van der Waals surface area contributed by atoms with Crippen LogP contribution in [0.25, 0.3) is 55.3 Å². The molecule has 0 saturated carbocycles. The van der Waals surface area contributed by atoms with Crippen molar-refractivity contribution in [3.8, 4) is 138 Å². The molecule has 1 atom stereocenters. The number of hydrogen-bond donors (Lipinski definition) is 21. The van der Waals surface area contributed by atoms with E-state index in [-0.39, 0.29) is 27.9 Å². The third-order valence-electron chi connectivity index (χ3n) is 13.1.